The van der Waals surface area contributed by atoms with Crippen LogP contribution < -0.4 is 0 Å². The average Bonchev–Trinajstić information content (AvgIpc) is 3.23. The van der Waals surface area contributed by atoms with Gasteiger partial charge in [-0.2, -0.15) is 0 Å². The molecule has 1 saturated carbocycles. The molecule has 0 N–H and O–H groups in total. The Balaban J connectivity index is 1.63. The molecule has 0 bridgehead atoms. The van der Waals surface area contributed by atoms with Crippen LogP contribution in [0.5, 0.6) is 0 Å². The number of amides is 1. The molecule has 4 nitrogen and oxygen atoms in total. The highest BCUT2D eigenvalue weighted by atomic mass is 16.5. The SMILES string of the molecule is Cc1cc(C(=O)N2C[C@H](c3ccccc3)[C@@H]3CCC[C@@H]32)no1. The first-order chi connectivity index (χ1) is 10.7. The minimum Gasteiger partial charge on any atom is -0.361 e. The van der Waals surface area contributed by atoms with Gasteiger partial charge in [0.25, 0.3) is 5.91 Å². The van der Waals surface area contributed by atoms with Crippen LogP contribution in [0.1, 0.15) is 47.0 Å². The highest BCUT2D eigenvalue weighted by Crippen LogP contribution is 2.46. The summed E-state index contributed by atoms with van der Waals surface area (Å²) in [5.74, 6) is 1.74. The van der Waals surface area contributed by atoms with Crippen molar-refractivity contribution in [2.45, 2.75) is 38.1 Å². The smallest absolute Gasteiger partial charge is 0.276 e. The van der Waals surface area contributed by atoms with E-state index in [9.17, 15) is 4.79 Å². The van der Waals surface area contributed by atoms with Gasteiger partial charge < -0.3 is 9.42 Å². The molecule has 1 amide bonds. The predicted molar refractivity (Wildman–Crippen MR) is 82.6 cm³/mol. The van der Waals surface area contributed by atoms with Gasteiger partial charge in [-0.15, -0.1) is 0 Å². The summed E-state index contributed by atoms with van der Waals surface area (Å²) in [6.07, 6.45) is 3.53. The molecule has 2 aromatic rings. The van der Waals surface area contributed by atoms with Gasteiger partial charge in [0.15, 0.2) is 5.69 Å². The summed E-state index contributed by atoms with van der Waals surface area (Å²) in [5, 5.41) is 3.91. The van der Waals surface area contributed by atoms with Gasteiger partial charge in [-0.3, -0.25) is 4.79 Å². The maximum absolute atomic E-state index is 12.8. The molecule has 4 heteroatoms. The summed E-state index contributed by atoms with van der Waals surface area (Å²) in [4.78, 5) is 14.8. The molecule has 2 heterocycles. The number of carbonyl (C=O) groups is 1. The molecule has 2 aliphatic rings. The van der Waals surface area contributed by atoms with E-state index in [0.717, 1.165) is 13.0 Å². The molecule has 22 heavy (non-hydrogen) atoms. The lowest BCUT2D eigenvalue weighted by molar-refractivity contribution is 0.0717. The van der Waals surface area contributed by atoms with E-state index in [0.29, 0.717) is 29.3 Å². The fraction of sp³-hybridized carbons (Fsp3) is 0.444. The Hall–Kier alpha value is -2.10. The standard InChI is InChI=1S/C18H20N2O2/c1-12-10-16(19-22-12)18(21)20-11-15(13-6-3-2-4-7-13)14-8-5-9-17(14)20/h2-4,6-7,10,14-15,17H,5,8-9,11H2,1H3/t14-,15+,17-/m0/s1. The molecule has 4 rings (SSSR count). The van der Waals surface area contributed by atoms with Crippen LogP contribution in [-0.4, -0.2) is 28.6 Å². The highest BCUT2D eigenvalue weighted by molar-refractivity contribution is 5.92. The second-order valence-corrected chi connectivity index (χ2v) is 6.46. The molecule has 0 radical (unpaired) electrons. The van der Waals surface area contributed by atoms with Gasteiger partial charge in [0.2, 0.25) is 0 Å². The molecule has 1 aliphatic carbocycles. The first kappa shape index (κ1) is 13.6. The predicted octanol–water partition coefficient (Wildman–Crippen LogP) is 3.39. The van der Waals surface area contributed by atoms with Crippen LogP contribution in [-0.2, 0) is 0 Å². The number of rotatable bonds is 2. The van der Waals surface area contributed by atoms with Crippen LogP contribution in [0, 0.1) is 12.8 Å². The molecule has 1 aromatic carbocycles. The average molecular weight is 296 g/mol. The largest absolute Gasteiger partial charge is 0.361 e. The van der Waals surface area contributed by atoms with E-state index >= 15 is 0 Å². The Kier molecular flexibility index (Phi) is 3.25. The van der Waals surface area contributed by atoms with Gasteiger partial charge in [0.1, 0.15) is 5.76 Å². The molecule has 1 saturated heterocycles. The third kappa shape index (κ3) is 2.14. The monoisotopic (exact) mass is 296 g/mol. The van der Waals surface area contributed by atoms with E-state index in [4.69, 9.17) is 4.52 Å². The zero-order valence-electron chi connectivity index (χ0n) is 12.7. The van der Waals surface area contributed by atoms with Gasteiger partial charge in [0, 0.05) is 24.6 Å². The third-order valence-corrected chi connectivity index (χ3v) is 5.18. The Labute approximate surface area is 130 Å². The summed E-state index contributed by atoms with van der Waals surface area (Å²) >= 11 is 0. The summed E-state index contributed by atoms with van der Waals surface area (Å²) in [5.41, 5.74) is 1.79. The number of aryl methyl sites for hydroxylation is 1. The van der Waals surface area contributed by atoms with Crippen LogP contribution in [0.4, 0.5) is 0 Å². The Morgan fingerprint density at radius 3 is 2.82 bits per heavy atom. The first-order valence-electron chi connectivity index (χ1n) is 8.03. The minimum absolute atomic E-state index is 0.0205. The number of hydrogen-bond donors (Lipinski definition) is 0. The summed E-state index contributed by atoms with van der Waals surface area (Å²) in [7, 11) is 0. The van der Waals surface area contributed by atoms with Crippen molar-refractivity contribution in [2.24, 2.45) is 5.92 Å². The number of benzene rings is 1. The normalized spacial score (nSPS) is 27.1. The lowest BCUT2D eigenvalue weighted by Crippen LogP contribution is -2.36. The van der Waals surface area contributed by atoms with Crippen LogP contribution in [0.3, 0.4) is 0 Å². The Morgan fingerprint density at radius 1 is 1.27 bits per heavy atom. The van der Waals surface area contributed by atoms with E-state index < -0.39 is 0 Å². The van der Waals surface area contributed by atoms with E-state index in [1.54, 1.807) is 6.07 Å². The summed E-state index contributed by atoms with van der Waals surface area (Å²) in [6, 6.07) is 12.7. The van der Waals surface area contributed by atoms with Gasteiger partial charge in [-0.1, -0.05) is 41.9 Å². The zero-order valence-corrected chi connectivity index (χ0v) is 12.7. The van der Waals surface area contributed by atoms with E-state index in [2.05, 4.69) is 29.4 Å². The molecule has 2 fully saturated rings. The van der Waals surface area contributed by atoms with Crippen LogP contribution in [0.25, 0.3) is 0 Å². The van der Waals surface area contributed by atoms with Crippen molar-refractivity contribution in [3.8, 4) is 0 Å². The highest BCUT2D eigenvalue weighted by Gasteiger charge is 2.47. The maximum Gasteiger partial charge on any atom is 0.276 e. The molecule has 3 atom stereocenters. The zero-order chi connectivity index (χ0) is 15.1. The van der Waals surface area contributed by atoms with Crippen molar-refractivity contribution < 1.29 is 9.32 Å². The molecule has 1 aliphatic heterocycles. The number of nitrogens with zero attached hydrogens (tertiary/aromatic N) is 2. The lowest BCUT2D eigenvalue weighted by atomic mass is 9.87. The van der Waals surface area contributed by atoms with Crippen molar-refractivity contribution in [3.63, 3.8) is 0 Å². The van der Waals surface area contributed by atoms with Crippen molar-refractivity contribution in [3.05, 3.63) is 53.4 Å². The van der Waals surface area contributed by atoms with Gasteiger partial charge in [-0.05, 0) is 31.2 Å². The van der Waals surface area contributed by atoms with Gasteiger partial charge >= 0.3 is 0 Å². The van der Waals surface area contributed by atoms with E-state index in [-0.39, 0.29) is 5.91 Å². The Morgan fingerprint density at radius 2 is 2.09 bits per heavy atom. The summed E-state index contributed by atoms with van der Waals surface area (Å²) < 4.78 is 5.07. The van der Waals surface area contributed by atoms with Gasteiger partial charge in [0.05, 0.1) is 0 Å². The second-order valence-electron chi connectivity index (χ2n) is 6.46. The number of carbonyl (C=O) groups excluding carboxylic acids is 1. The maximum atomic E-state index is 12.8. The number of hydrogen-bond acceptors (Lipinski definition) is 3. The minimum atomic E-state index is 0.0205. The molecule has 1 aromatic heterocycles. The van der Waals surface area contributed by atoms with Gasteiger partial charge in [-0.25, -0.2) is 0 Å². The Bertz CT molecular complexity index is 679. The quantitative estimate of drug-likeness (QED) is 0.853. The summed E-state index contributed by atoms with van der Waals surface area (Å²) in [6.45, 7) is 2.61. The molecular weight excluding hydrogens is 276 g/mol. The van der Waals surface area contributed by atoms with Crippen molar-refractivity contribution in [1.82, 2.24) is 10.1 Å². The molecule has 0 spiro atoms. The topological polar surface area (TPSA) is 46.3 Å². The molecule has 0 unspecified atom stereocenters. The second kappa shape index (κ2) is 5.27. The fourth-order valence-corrected chi connectivity index (χ4v) is 4.21. The van der Waals surface area contributed by atoms with E-state index in [1.165, 1.54) is 18.4 Å². The van der Waals surface area contributed by atoms with Crippen molar-refractivity contribution in [2.75, 3.05) is 6.54 Å². The molecule has 114 valence electrons. The number of likely N-dealkylation sites (tertiary alicyclic amines) is 1. The van der Waals surface area contributed by atoms with Crippen LogP contribution in [0.15, 0.2) is 40.9 Å². The van der Waals surface area contributed by atoms with E-state index in [1.807, 2.05) is 17.9 Å². The number of fused-ring (bicyclic) bond motifs is 1. The third-order valence-electron chi connectivity index (χ3n) is 5.18. The van der Waals surface area contributed by atoms with Crippen molar-refractivity contribution >= 4 is 5.91 Å². The fourth-order valence-electron chi connectivity index (χ4n) is 4.21. The van der Waals surface area contributed by atoms with Crippen molar-refractivity contribution in [1.29, 1.82) is 0 Å². The number of aromatic nitrogens is 1. The van der Waals surface area contributed by atoms with Crippen LogP contribution in [0.2, 0.25) is 0 Å². The first-order valence-corrected chi connectivity index (χ1v) is 8.03. The van der Waals surface area contributed by atoms with Crippen LogP contribution >= 0.6 is 0 Å². The lowest BCUT2D eigenvalue weighted by Gasteiger charge is -2.22. The molecular formula is C18H20N2O2.